The van der Waals surface area contributed by atoms with Crippen molar-refractivity contribution in [2.24, 2.45) is 5.92 Å². The molecular weight excluding hydrogens is 482 g/mol. The number of aliphatic hydroxyl groups excluding tert-OH is 1. The third-order valence-electron chi connectivity index (χ3n) is 6.26. The predicted molar refractivity (Wildman–Crippen MR) is 149 cm³/mol. The van der Waals surface area contributed by atoms with Crippen molar-refractivity contribution < 1.29 is 5.11 Å². The zero-order valence-corrected chi connectivity index (χ0v) is 21.6. The van der Waals surface area contributed by atoms with Gasteiger partial charge in [-0.1, -0.05) is 26.0 Å². The minimum atomic E-state index is -0.630. The fraction of sp³-hybridized carbons (Fsp3) is 0.214. The van der Waals surface area contributed by atoms with Crippen molar-refractivity contribution in [3.8, 4) is 33.1 Å². The van der Waals surface area contributed by atoms with Crippen LogP contribution in [0.5, 0.6) is 0 Å². The van der Waals surface area contributed by atoms with Gasteiger partial charge in [-0.25, -0.2) is 9.97 Å². The highest BCUT2D eigenvalue weighted by Crippen LogP contribution is 2.35. The Morgan fingerprint density at radius 2 is 1.92 bits per heavy atom. The van der Waals surface area contributed by atoms with E-state index in [2.05, 4.69) is 69.4 Å². The largest absolute Gasteiger partial charge is 0.374 e. The van der Waals surface area contributed by atoms with E-state index in [1.807, 2.05) is 24.3 Å². The van der Waals surface area contributed by atoms with Crippen molar-refractivity contribution in [3.63, 3.8) is 0 Å². The van der Waals surface area contributed by atoms with Crippen LogP contribution in [-0.2, 0) is 0 Å². The first-order chi connectivity index (χ1) is 17.9. The lowest BCUT2D eigenvalue weighted by atomic mass is 10.1. The van der Waals surface area contributed by atoms with Crippen LogP contribution in [0.4, 0.5) is 5.69 Å². The van der Waals surface area contributed by atoms with Crippen molar-refractivity contribution in [1.82, 2.24) is 30.1 Å². The van der Waals surface area contributed by atoms with Crippen LogP contribution in [0, 0.1) is 12.8 Å². The molecule has 5 aromatic heterocycles. The number of imidazole rings is 1. The molecule has 0 amide bonds. The van der Waals surface area contributed by atoms with E-state index in [9.17, 15) is 5.11 Å². The average molecular weight is 510 g/mol. The second kappa shape index (κ2) is 9.42. The van der Waals surface area contributed by atoms with E-state index in [1.54, 1.807) is 29.9 Å². The average Bonchev–Trinajstić information content (AvgIpc) is 3.60. The molecule has 1 atom stereocenters. The lowest BCUT2D eigenvalue weighted by molar-refractivity contribution is 0.176. The number of aromatic amines is 2. The summed E-state index contributed by atoms with van der Waals surface area (Å²) < 4.78 is 0. The van der Waals surface area contributed by atoms with Gasteiger partial charge in [-0.2, -0.15) is 5.10 Å². The number of pyridine rings is 2. The van der Waals surface area contributed by atoms with Crippen LogP contribution in [0.3, 0.4) is 0 Å². The Hall–Kier alpha value is -4.08. The van der Waals surface area contributed by atoms with E-state index in [0.717, 1.165) is 38.8 Å². The summed E-state index contributed by atoms with van der Waals surface area (Å²) in [7, 11) is 0. The van der Waals surface area contributed by atoms with Gasteiger partial charge < -0.3 is 15.4 Å². The van der Waals surface area contributed by atoms with E-state index < -0.39 is 6.23 Å². The van der Waals surface area contributed by atoms with Crippen molar-refractivity contribution in [2.45, 2.75) is 33.4 Å². The number of benzene rings is 1. The predicted octanol–water partition coefficient (Wildman–Crippen LogP) is 6.38. The summed E-state index contributed by atoms with van der Waals surface area (Å²) in [6.45, 7) is 6.27. The Morgan fingerprint density at radius 1 is 1.05 bits per heavy atom. The van der Waals surface area contributed by atoms with E-state index in [0.29, 0.717) is 29.5 Å². The number of aromatic nitrogens is 6. The molecule has 5 heterocycles. The van der Waals surface area contributed by atoms with E-state index in [4.69, 9.17) is 4.98 Å². The molecule has 186 valence electrons. The molecule has 4 N–H and O–H groups in total. The molecule has 0 saturated heterocycles. The van der Waals surface area contributed by atoms with E-state index >= 15 is 0 Å². The number of H-pyrrole nitrogens is 2. The number of para-hydroxylation sites is 1. The van der Waals surface area contributed by atoms with Crippen LogP contribution in [0.2, 0.25) is 0 Å². The van der Waals surface area contributed by atoms with Crippen molar-refractivity contribution in [2.75, 3.05) is 5.32 Å². The Morgan fingerprint density at radius 3 is 2.73 bits per heavy atom. The fourth-order valence-electron chi connectivity index (χ4n) is 4.54. The van der Waals surface area contributed by atoms with Crippen molar-refractivity contribution in [1.29, 1.82) is 0 Å². The van der Waals surface area contributed by atoms with E-state index in [1.165, 1.54) is 9.75 Å². The fourth-order valence-corrected chi connectivity index (χ4v) is 5.43. The monoisotopic (exact) mass is 509 g/mol. The maximum atomic E-state index is 10.3. The maximum absolute atomic E-state index is 10.3. The highest BCUT2D eigenvalue weighted by Gasteiger charge is 2.17. The highest BCUT2D eigenvalue weighted by molar-refractivity contribution is 7.15. The van der Waals surface area contributed by atoms with Crippen LogP contribution >= 0.6 is 11.3 Å². The van der Waals surface area contributed by atoms with Gasteiger partial charge in [0.15, 0.2) is 11.5 Å². The summed E-state index contributed by atoms with van der Waals surface area (Å²) in [6.07, 6.45) is 5.32. The van der Waals surface area contributed by atoms with Crippen molar-refractivity contribution in [3.05, 3.63) is 65.9 Å². The molecule has 0 saturated carbocycles. The van der Waals surface area contributed by atoms with Crippen LogP contribution in [0.1, 0.15) is 25.1 Å². The number of rotatable bonds is 7. The molecular formula is C28H27N7OS. The normalized spacial score (nSPS) is 12.6. The molecule has 6 aromatic rings. The number of aliphatic hydroxyl groups is 1. The lowest BCUT2D eigenvalue weighted by Gasteiger charge is -2.16. The minimum Gasteiger partial charge on any atom is -0.374 e. The third kappa shape index (κ3) is 4.59. The summed E-state index contributed by atoms with van der Waals surface area (Å²) >= 11 is 1.76. The second-order valence-corrected chi connectivity index (χ2v) is 10.9. The number of hydrogen-bond donors (Lipinski definition) is 4. The molecule has 0 fully saturated rings. The summed E-state index contributed by atoms with van der Waals surface area (Å²) in [5.41, 5.74) is 6.92. The first-order valence-electron chi connectivity index (χ1n) is 12.2. The van der Waals surface area contributed by atoms with Gasteiger partial charge in [-0.05, 0) is 49.6 Å². The minimum absolute atomic E-state index is 0.383. The first-order valence-corrected chi connectivity index (χ1v) is 13.1. The zero-order chi connectivity index (χ0) is 25.5. The number of aryl methyl sites for hydroxylation is 1. The van der Waals surface area contributed by atoms with E-state index in [-0.39, 0.29) is 0 Å². The van der Waals surface area contributed by atoms with Crippen LogP contribution in [-0.4, -0.2) is 41.5 Å². The number of thiophene rings is 1. The van der Waals surface area contributed by atoms with Gasteiger partial charge in [0, 0.05) is 38.8 Å². The number of nitrogens with zero attached hydrogens (tertiary/aromatic N) is 4. The Kier molecular flexibility index (Phi) is 5.94. The van der Waals surface area contributed by atoms with Gasteiger partial charge in [0.1, 0.15) is 11.9 Å². The van der Waals surface area contributed by atoms with Gasteiger partial charge in [-0.15, -0.1) is 11.3 Å². The van der Waals surface area contributed by atoms with Gasteiger partial charge >= 0.3 is 0 Å². The summed E-state index contributed by atoms with van der Waals surface area (Å²) in [5, 5.41) is 21.9. The van der Waals surface area contributed by atoms with Crippen LogP contribution in [0.15, 0.2) is 61.1 Å². The lowest BCUT2D eigenvalue weighted by Crippen LogP contribution is -2.20. The number of anilines is 1. The molecule has 9 heteroatoms. The Labute approximate surface area is 217 Å². The summed E-state index contributed by atoms with van der Waals surface area (Å²) in [5.74, 6) is 1.07. The first kappa shape index (κ1) is 23.3. The third-order valence-corrected chi connectivity index (χ3v) is 7.29. The topological polar surface area (TPSA) is 115 Å². The SMILES string of the molecule is Cc1ccc(-c2cccc3[nH]c(-c4n[nH]c5ncc(-c6cncc(NC(O)CC(C)C)c6)cc45)nc23)s1. The molecule has 6 rings (SSSR count). The van der Waals surface area contributed by atoms with Crippen molar-refractivity contribution >= 4 is 39.1 Å². The van der Waals surface area contributed by atoms with Gasteiger partial charge in [0.25, 0.3) is 0 Å². The molecule has 0 spiro atoms. The van der Waals surface area contributed by atoms with Gasteiger partial charge in [0.05, 0.1) is 28.3 Å². The molecule has 0 bridgehead atoms. The number of nitrogens with one attached hydrogen (secondary N) is 3. The van der Waals surface area contributed by atoms with Gasteiger partial charge in [0.2, 0.25) is 0 Å². The molecule has 1 unspecified atom stereocenters. The standard InChI is InChI=1S/C28H27N7OS/c1-15(2)9-24(36)31-19-10-17(12-29-14-19)18-11-21-26(34-35-27(21)30-13-18)28-32-22-6-4-5-20(25(22)33-28)23-8-7-16(3)37-23/h4-8,10-15,24,31,36H,9H2,1-3H3,(H,32,33)(H,30,34,35). The molecule has 0 aliphatic heterocycles. The number of fused-ring (bicyclic) bond motifs is 2. The molecule has 8 nitrogen and oxygen atoms in total. The Bertz CT molecular complexity index is 1710. The Balaban J connectivity index is 1.37. The maximum Gasteiger partial charge on any atom is 0.159 e. The van der Waals surface area contributed by atoms with Crippen LogP contribution in [0.25, 0.3) is 55.2 Å². The zero-order valence-electron chi connectivity index (χ0n) is 20.8. The summed E-state index contributed by atoms with van der Waals surface area (Å²) in [4.78, 5) is 19.8. The second-order valence-electron chi connectivity index (χ2n) is 9.64. The molecule has 1 aromatic carbocycles. The molecule has 37 heavy (non-hydrogen) atoms. The highest BCUT2D eigenvalue weighted by atomic mass is 32.1. The molecule has 0 aliphatic rings. The van der Waals surface area contributed by atoms with Crippen LogP contribution < -0.4 is 5.32 Å². The number of hydrogen-bond acceptors (Lipinski definition) is 7. The molecule has 0 aliphatic carbocycles. The smallest absolute Gasteiger partial charge is 0.159 e. The quantitative estimate of drug-likeness (QED) is 0.186. The summed E-state index contributed by atoms with van der Waals surface area (Å²) in [6, 6.07) is 14.5. The van der Waals surface area contributed by atoms with Gasteiger partial charge in [-0.3, -0.25) is 10.1 Å². The molecule has 0 radical (unpaired) electrons.